The number of rotatable bonds is 6. The highest BCUT2D eigenvalue weighted by atomic mass is 16.4. The highest BCUT2D eigenvalue weighted by molar-refractivity contribution is 5.66. The van der Waals surface area contributed by atoms with Crippen molar-refractivity contribution >= 4 is 5.97 Å². The summed E-state index contributed by atoms with van der Waals surface area (Å²) in [5.74, 6) is -0.667. The molecule has 0 spiro atoms. The lowest BCUT2D eigenvalue weighted by Gasteiger charge is -2.26. The predicted molar refractivity (Wildman–Crippen MR) is 70.2 cm³/mol. The van der Waals surface area contributed by atoms with Crippen LogP contribution in [0.15, 0.2) is 0 Å². The van der Waals surface area contributed by atoms with Crippen molar-refractivity contribution in [2.45, 2.75) is 58.8 Å². The second-order valence-electron chi connectivity index (χ2n) is 5.71. The zero-order valence-corrected chi connectivity index (χ0v) is 11.4. The number of nitrogens with zero attached hydrogens (tertiary/aromatic N) is 1. The lowest BCUT2D eigenvalue weighted by atomic mass is 9.80. The third-order valence-corrected chi connectivity index (χ3v) is 4.25. The Kier molecular flexibility index (Phi) is 5.96. The lowest BCUT2D eigenvalue weighted by molar-refractivity contribution is -0.137. The highest BCUT2D eigenvalue weighted by Gasteiger charge is 2.25. The molecular formula is C14H27NO2. The maximum absolute atomic E-state index is 10.4. The second kappa shape index (κ2) is 7.00. The Morgan fingerprint density at radius 1 is 1.29 bits per heavy atom. The third-order valence-electron chi connectivity index (χ3n) is 4.25. The van der Waals surface area contributed by atoms with E-state index in [9.17, 15) is 4.79 Å². The summed E-state index contributed by atoms with van der Waals surface area (Å²) in [5, 5.41) is 8.58. The first-order chi connectivity index (χ1) is 8.06. The van der Waals surface area contributed by atoms with Crippen LogP contribution in [0, 0.1) is 5.41 Å². The Balaban J connectivity index is 2.20. The number of unbranched alkanes of at least 4 members (excludes halogenated alkanes) is 1. The van der Waals surface area contributed by atoms with Crippen LogP contribution in [-0.4, -0.2) is 35.6 Å². The molecule has 3 heteroatoms. The molecule has 0 aliphatic carbocycles. The van der Waals surface area contributed by atoms with Gasteiger partial charge < -0.3 is 10.0 Å². The van der Waals surface area contributed by atoms with Crippen LogP contribution in [0.5, 0.6) is 0 Å². The molecule has 1 heterocycles. The van der Waals surface area contributed by atoms with Crippen molar-refractivity contribution in [3.05, 3.63) is 0 Å². The summed E-state index contributed by atoms with van der Waals surface area (Å²) < 4.78 is 0. The minimum Gasteiger partial charge on any atom is -0.481 e. The molecule has 1 rings (SSSR count). The summed E-state index contributed by atoms with van der Waals surface area (Å²) in [7, 11) is 0. The van der Waals surface area contributed by atoms with Crippen LogP contribution in [0.1, 0.15) is 58.8 Å². The van der Waals surface area contributed by atoms with E-state index < -0.39 is 5.97 Å². The van der Waals surface area contributed by atoms with Gasteiger partial charge in [-0.15, -0.1) is 0 Å². The van der Waals surface area contributed by atoms with Gasteiger partial charge in [0.2, 0.25) is 0 Å². The van der Waals surface area contributed by atoms with Crippen LogP contribution in [0.25, 0.3) is 0 Å². The van der Waals surface area contributed by atoms with Crippen molar-refractivity contribution in [2.24, 2.45) is 5.41 Å². The topological polar surface area (TPSA) is 40.5 Å². The molecule has 1 N–H and O–H groups in total. The van der Waals surface area contributed by atoms with Gasteiger partial charge in [0.25, 0.3) is 0 Å². The van der Waals surface area contributed by atoms with Crippen LogP contribution in [-0.2, 0) is 4.79 Å². The van der Waals surface area contributed by atoms with E-state index in [-0.39, 0.29) is 0 Å². The van der Waals surface area contributed by atoms with Gasteiger partial charge in [-0.1, -0.05) is 20.3 Å². The molecule has 1 fully saturated rings. The van der Waals surface area contributed by atoms with E-state index in [4.69, 9.17) is 5.11 Å². The molecule has 1 saturated heterocycles. The van der Waals surface area contributed by atoms with Gasteiger partial charge in [-0.2, -0.15) is 0 Å². The van der Waals surface area contributed by atoms with Gasteiger partial charge in [-0.3, -0.25) is 4.79 Å². The standard InChI is InChI=1S/C14H27NO2/c1-3-14(2)8-6-11-15(12-9-14)10-5-4-7-13(16)17/h3-12H2,1-2H3,(H,16,17)/t14-/m1/s1. The summed E-state index contributed by atoms with van der Waals surface area (Å²) in [6.07, 6.45) is 7.37. The Labute approximate surface area is 105 Å². The van der Waals surface area contributed by atoms with Crippen molar-refractivity contribution < 1.29 is 9.90 Å². The molecule has 0 radical (unpaired) electrons. The first-order valence-corrected chi connectivity index (χ1v) is 7.00. The SMILES string of the molecule is CC[C@]1(C)CCCN(CCCCC(=O)O)CC1. The predicted octanol–water partition coefficient (Wildman–Crippen LogP) is 3.14. The molecule has 3 nitrogen and oxygen atoms in total. The first kappa shape index (κ1) is 14.5. The molecule has 1 aliphatic heterocycles. The number of hydrogen-bond acceptors (Lipinski definition) is 2. The van der Waals surface area contributed by atoms with Crippen LogP contribution >= 0.6 is 0 Å². The maximum Gasteiger partial charge on any atom is 0.303 e. The monoisotopic (exact) mass is 241 g/mol. The van der Waals surface area contributed by atoms with E-state index in [1.807, 2.05) is 0 Å². The normalized spacial score (nSPS) is 26.7. The van der Waals surface area contributed by atoms with Crippen molar-refractivity contribution in [3.63, 3.8) is 0 Å². The van der Waals surface area contributed by atoms with Crippen LogP contribution < -0.4 is 0 Å². The van der Waals surface area contributed by atoms with Crippen molar-refractivity contribution in [1.29, 1.82) is 0 Å². The first-order valence-electron chi connectivity index (χ1n) is 7.00. The van der Waals surface area contributed by atoms with E-state index in [2.05, 4.69) is 18.7 Å². The number of hydrogen-bond donors (Lipinski definition) is 1. The molecule has 100 valence electrons. The number of carboxylic acid groups (broad SMARTS) is 1. The van der Waals surface area contributed by atoms with E-state index >= 15 is 0 Å². The van der Waals surface area contributed by atoms with Gasteiger partial charge in [0.1, 0.15) is 0 Å². The van der Waals surface area contributed by atoms with Crippen LogP contribution in [0.3, 0.4) is 0 Å². The zero-order chi connectivity index (χ0) is 12.7. The van der Waals surface area contributed by atoms with E-state index in [0.717, 1.165) is 19.4 Å². The van der Waals surface area contributed by atoms with Gasteiger partial charge in [0.05, 0.1) is 0 Å². The molecule has 17 heavy (non-hydrogen) atoms. The average molecular weight is 241 g/mol. The molecule has 0 aromatic carbocycles. The number of likely N-dealkylation sites (tertiary alicyclic amines) is 1. The van der Waals surface area contributed by atoms with E-state index in [1.165, 1.54) is 38.8 Å². The number of carboxylic acids is 1. The fraction of sp³-hybridized carbons (Fsp3) is 0.929. The molecule has 0 saturated carbocycles. The fourth-order valence-corrected chi connectivity index (χ4v) is 2.58. The molecule has 1 atom stereocenters. The Morgan fingerprint density at radius 2 is 2.06 bits per heavy atom. The molecule has 0 bridgehead atoms. The summed E-state index contributed by atoms with van der Waals surface area (Å²) in [6.45, 7) is 8.16. The second-order valence-corrected chi connectivity index (χ2v) is 5.71. The molecule has 0 amide bonds. The minimum atomic E-state index is -0.667. The molecule has 0 aromatic heterocycles. The summed E-state index contributed by atoms with van der Waals surface area (Å²) >= 11 is 0. The summed E-state index contributed by atoms with van der Waals surface area (Å²) in [6, 6.07) is 0. The third kappa shape index (κ3) is 5.53. The van der Waals surface area contributed by atoms with Gasteiger partial charge >= 0.3 is 5.97 Å². The Hall–Kier alpha value is -0.570. The van der Waals surface area contributed by atoms with Gasteiger partial charge in [-0.05, 0) is 57.2 Å². The molecular weight excluding hydrogens is 214 g/mol. The average Bonchev–Trinajstić information content (AvgIpc) is 2.48. The largest absolute Gasteiger partial charge is 0.481 e. The smallest absolute Gasteiger partial charge is 0.303 e. The Bertz CT molecular complexity index is 242. The van der Waals surface area contributed by atoms with Crippen molar-refractivity contribution in [3.8, 4) is 0 Å². The molecule has 0 unspecified atom stereocenters. The highest BCUT2D eigenvalue weighted by Crippen LogP contribution is 2.33. The van der Waals surface area contributed by atoms with Gasteiger partial charge in [0, 0.05) is 6.42 Å². The maximum atomic E-state index is 10.4. The Morgan fingerprint density at radius 3 is 2.71 bits per heavy atom. The lowest BCUT2D eigenvalue weighted by Crippen LogP contribution is -2.27. The van der Waals surface area contributed by atoms with E-state index in [0.29, 0.717) is 11.8 Å². The van der Waals surface area contributed by atoms with Crippen LogP contribution in [0.2, 0.25) is 0 Å². The number of aliphatic carboxylic acids is 1. The summed E-state index contributed by atoms with van der Waals surface area (Å²) in [4.78, 5) is 12.9. The van der Waals surface area contributed by atoms with Crippen molar-refractivity contribution in [2.75, 3.05) is 19.6 Å². The van der Waals surface area contributed by atoms with Crippen molar-refractivity contribution in [1.82, 2.24) is 4.90 Å². The zero-order valence-electron chi connectivity index (χ0n) is 11.4. The fourth-order valence-electron chi connectivity index (χ4n) is 2.58. The quantitative estimate of drug-likeness (QED) is 0.726. The van der Waals surface area contributed by atoms with Gasteiger partial charge in [0.15, 0.2) is 0 Å². The van der Waals surface area contributed by atoms with E-state index in [1.54, 1.807) is 0 Å². The van der Waals surface area contributed by atoms with Gasteiger partial charge in [-0.25, -0.2) is 0 Å². The minimum absolute atomic E-state index is 0.320. The van der Waals surface area contributed by atoms with Crippen LogP contribution in [0.4, 0.5) is 0 Å². The summed E-state index contributed by atoms with van der Waals surface area (Å²) in [5.41, 5.74) is 0.538. The number of carbonyl (C=O) groups is 1. The molecule has 1 aliphatic rings. The molecule has 0 aromatic rings.